The monoisotopic (exact) mass is 562 g/mol. The van der Waals surface area contributed by atoms with Crippen LogP contribution in [0, 0.1) is 5.92 Å². The number of fused-ring (bicyclic) bond motifs is 4. The first-order chi connectivity index (χ1) is 19.2. The van der Waals surface area contributed by atoms with Crippen LogP contribution >= 0.6 is 11.3 Å². The summed E-state index contributed by atoms with van der Waals surface area (Å²) in [6.07, 6.45) is 3.20. The first-order valence-corrected chi connectivity index (χ1v) is 13.4. The lowest BCUT2D eigenvalue weighted by Crippen LogP contribution is -2.62. The number of esters is 1. The Hall–Kier alpha value is -4.51. The normalized spacial score (nSPS) is 20.2. The largest absolute Gasteiger partial charge is 0.508 e. The number of thiophene rings is 1. The molecule has 0 unspecified atom stereocenters. The number of rotatable bonds is 9. The van der Waals surface area contributed by atoms with Gasteiger partial charge in [0.2, 0.25) is 11.8 Å². The van der Waals surface area contributed by atoms with Gasteiger partial charge in [0.1, 0.15) is 25.0 Å². The van der Waals surface area contributed by atoms with Gasteiger partial charge in [-0.2, -0.15) is 0 Å². The molecule has 0 radical (unpaired) electrons. The fourth-order valence-corrected chi connectivity index (χ4v) is 6.71. The fourth-order valence-electron chi connectivity index (χ4n) is 5.44. The van der Waals surface area contributed by atoms with Crippen molar-refractivity contribution in [2.24, 2.45) is 11.7 Å². The minimum absolute atomic E-state index is 0.0317. The van der Waals surface area contributed by atoms with Crippen LogP contribution in [0.25, 0.3) is 15.7 Å². The van der Waals surface area contributed by atoms with Crippen molar-refractivity contribution in [1.82, 2.24) is 4.90 Å². The lowest BCUT2D eigenvalue weighted by Gasteiger charge is -2.45. The zero-order valence-corrected chi connectivity index (χ0v) is 22.5. The van der Waals surface area contributed by atoms with Crippen LogP contribution in [0.1, 0.15) is 45.4 Å². The van der Waals surface area contributed by atoms with Crippen molar-refractivity contribution >= 4 is 56.7 Å². The Kier molecular flexibility index (Phi) is 7.16. The molecule has 0 spiro atoms. The predicted molar refractivity (Wildman–Crippen MR) is 146 cm³/mol. The zero-order valence-electron chi connectivity index (χ0n) is 21.6. The highest BCUT2D eigenvalue weighted by atomic mass is 32.1. The second kappa shape index (κ2) is 10.6. The minimum Gasteiger partial charge on any atom is -0.457 e. The Bertz CT molecular complexity index is 1560. The third-order valence-corrected chi connectivity index (χ3v) is 8.36. The summed E-state index contributed by atoms with van der Waals surface area (Å²) < 4.78 is 16.3. The summed E-state index contributed by atoms with van der Waals surface area (Å²) in [5.74, 6) is -2.52. The van der Waals surface area contributed by atoms with Crippen LogP contribution in [0.3, 0.4) is 0 Å². The summed E-state index contributed by atoms with van der Waals surface area (Å²) in [6, 6.07) is 4.48. The van der Waals surface area contributed by atoms with Crippen molar-refractivity contribution in [2.75, 3.05) is 13.2 Å². The smallest absolute Gasteiger partial charge is 0.457 e. The molecule has 206 valence electrons. The number of β-lactam (4-membered cyclic amide) rings is 1. The van der Waals surface area contributed by atoms with Crippen molar-refractivity contribution in [3.63, 3.8) is 0 Å². The Labute approximate surface area is 233 Å². The van der Waals surface area contributed by atoms with Crippen molar-refractivity contribution < 1.29 is 38.2 Å². The van der Waals surface area contributed by atoms with E-state index in [1.807, 2.05) is 0 Å². The second-order valence-electron chi connectivity index (χ2n) is 9.52. The van der Waals surface area contributed by atoms with Crippen LogP contribution in [-0.4, -0.2) is 60.0 Å². The molecule has 1 aromatic heterocycles. The molecule has 11 heteroatoms. The van der Waals surface area contributed by atoms with Gasteiger partial charge in [-0.1, -0.05) is 31.4 Å². The molecule has 2 aromatic rings. The van der Waals surface area contributed by atoms with Gasteiger partial charge >= 0.3 is 12.1 Å². The Morgan fingerprint density at radius 2 is 1.90 bits per heavy atom. The first kappa shape index (κ1) is 27.1. The number of allylic oxidation sites excluding steroid dienone is 2. The fraction of sp³-hybridized carbons (Fsp3) is 0.276. The van der Waals surface area contributed by atoms with Gasteiger partial charge < -0.3 is 24.8 Å². The number of carbonyl (C=O) groups is 5. The van der Waals surface area contributed by atoms with Crippen molar-refractivity contribution in [2.45, 2.75) is 31.9 Å². The molecule has 3 aliphatic rings. The van der Waals surface area contributed by atoms with E-state index in [4.69, 9.17) is 19.9 Å². The van der Waals surface area contributed by atoms with Crippen LogP contribution in [0.2, 0.25) is 0 Å². The van der Waals surface area contributed by atoms with Crippen LogP contribution < -0.4 is 5.73 Å². The summed E-state index contributed by atoms with van der Waals surface area (Å²) in [5, 5.41) is 0.610. The van der Waals surface area contributed by atoms with Crippen molar-refractivity contribution in [3.05, 3.63) is 76.9 Å². The third kappa shape index (κ3) is 4.41. The van der Waals surface area contributed by atoms with E-state index in [0.717, 1.165) is 4.70 Å². The van der Waals surface area contributed by atoms with E-state index >= 15 is 0 Å². The van der Waals surface area contributed by atoms with E-state index < -0.39 is 36.1 Å². The molecule has 2 amide bonds. The van der Waals surface area contributed by atoms with Gasteiger partial charge in [-0.15, -0.1) is 11.3 Å². The van der Waals surface area contributed by atoms with Crippen LogP contribution in [-0.2, 0) is 23.8 Å². The minimum atomic E-state index is -0.922. The van der Waals surface area contributed by atoms with Gasteiger partial charge in [0.25, 0.3) is 0 Å². The lowest BCUT2D eigenvalue weighted by molar-refractivity contribution is -0.162. The summed E-state index contributed by atoms with van der Waals surface area (Å²) in [4.78, 5) is 65.5. The number of benzene rings is 1. The van der Waals surface area contributed by atoms with Crippen LogP contribution in [0.4, 0.5) is 4.79 Å². The summed E-state index contributed by atoms with van der Waals surface area (Å²) >= 11 is 1.36. The van der Waals surface area contributed by atoms with Gasteiger partial charge in [0.05, 0.1) is 12.0 Å². The molecule has 3 atom stereocenters. The molecule has 0 bridgehead atoms. The summed E-state index contributed by atoms with van der Waals surface area (Å²) in [7, 11) is 0. The van der Waals surface area contributed by atoms with E-state index in [-0.39, 0.29) is 49.0 Å². The molecule has 2 aliphatic heterocycles. The summed E-state index contributed by atoms with van der Waals surface area (Å²) in [5.41, 5.74) is 7.51. The molecule has 5 rings (SSSR count). The maximum atomic E-state index is 13.3. The van der Waals surface area contributed by atoms with Gasteiger partial charge in [-0.25, -0.2) is 9.59 Å². The molecule has 3 heterocycles. The molecule has 40 heavy (non-hydrogen) atoms. The maximum Gasteiger partial charge on any atom is 0.508 e. The highest BCUT2D eigenvalue weighted by Crippen LogP contribution is 2.51. The lowest BCUT2D eigenvalue weighted by atomic mass is 9.81. The molecule has 1 aromatic carbocycles. The van der Waals surface area contributed by atoms with Crippen LogP contribution in [0.15, 0.2) is 60.9 Å². The number of amides is 2. The molecule has 1 aliphatic carbocycles. The number of nitrogens with two attached hydrogens (primary N) is 1. The Morgan fingerprint density at radius 1 is 1.18 bits per heavy atom. The van der Waals surface area contributed by atoms with E-state index in [0.29, 0.717) is 27.0 Å². The average Bonchev–Trinajstić information content (AvgIpc) is 3.47. The van der Waals surface area contributed by atoms with Gasteiger partial charge in [0.15, 0.2) is 5.78 Å². The van der Waals surface area contributed by atoms with E-state index in [2.05, 4.69) is 13.2 Å². The topological polar surface area (TPSA) is 142 Å². The second-order valence-corrected chi connectivity index (χ2v) is 10.6. The number of hydrogen-bond acceptors (Lipinski definition) is 9. The van der Waals surface area contributed by atoms with E-state index in [9.17, 15) is 24.0 Å². The molecular weight excluding hydrogens is 536 g/mol. The molecule has 0 saturated carbocycles. The highest BCUT2D eigenvalue weighted by Gasteiger charge is 2.58. The average molecular weight is 563 g/mol. The molecule has 2 N–H and O–H groups in total. The van der Waals surface area contributed by atoms with E-state index in [1.165, 1.54) is 28.4 Å². The predicted octanol–water partition coefficient (Wildman–Crippen LogP) is 3.91. The third-order valence-electron chi connectivity index (χ3n) is 7.15. The first-order valence-electron chi connectivity index (χ1n) is 12.6. The number of primary amides is 1. The van der Waals surface area contributed by atoms with Crippen LogP contribution in [0.5, 0.6) is 0 Å². The molecule has 1 fully saturated rings. The van der Waals surface area contributed by atoms with Gasteiger partial charge in [0, 0.05) is 32.5 Å². The van der Waals surface area contributed by atoms with Gasteiger partial charge in [-0.3, -0.25) is 14.4 Å². The Balaban J connectivity index is 1.54. The molecule has 1 saturated heterocycles. The van der Waals surface area contributed by atoms with E-state index in [1.54, 1.807) is 31.2 Å². The standard InChI is InChI=1S/C29H26N2O8S/c1-4-10-37-28(35)24-17(13-19-22(27(34)31(19)24)14(3)39-29(36)38-11-5-2)16-7-8-20(32)23-18-12-15(26(30)33)6-9-21(18)40-25(16)23/h4-7,9,12,14,19,22H,1-2,8,10-11,13H2,3H3,(H2,30,33)/t14-,19-,22-/m1/s1. The zero-order chi connectivity index (χ0) is 28.7. The number of Topliss-reactive ketones (excluding diaryl/α,β-unsaturated/α-hetero) is 1. The van der Waals surface area contributed by atoms with Crippen molar-refractivity contribution in [1.29, 1.82) is 0 Å². The quantitative estimate of drug-likeness (QED) is 0.275. The Morgan fingerprint density at radius 3 is 2.60 bits per heavy atom. The number of carbonyl (C=O) groups excluding carboxylic acids is 5. The van der Waals surface area contributed by atoms with Gasteiger partial charge in [-0.05, 0) is 42.7 Å². The summed E-state index contributed by atoms with van der Waals surface area (Å²) in [6.45, 7) is 8.57. The SMILES string of the molecule is C=CCOC(=O)O[C@H](C)[C@H]1C(=O)N2C(C(=O)OCC=C)=C(C3=CCC(=O)c4c3sc3ccc(C(N)=O)cc43)C[C@H]12. The number of nitrogens with zero attached hydrogens (tertiary/aromatic N) is 1. The van der Waals surface area contributed by atoms with Crippen molar-refractivity contribution in [3.8, 4) is 0 Å². The number of hydrogen-bond donors (Lipinski definition) is 1. The molecule has 10 nitrogen and oxygen atoms in total. The number of ketones is 1. The highest BCUT2D eigenvalue weighted by molar-refractivity contribution is 7.20. The number of ether oxygens (including phenoxy) is 3. The maximum absolute atomic E-state index is 13.3. The molecular formula is C29H26N2O8S.